The number of rotatable bonds is 4. The Morgan fingerprint density at radius 1 is 1.69 bits per heavy atom. The molecule has 0 bridgehead atoms. The van der Waals surface area contributed by atoms with Gasteiger partial charge in [0.05, 0.1) is 6.61 Å². The molecule has 1 aromatic heterocycles. The van der Waals surface area contributed by atoms with Gasteiger partial charge in [0.15, 0.2) is 5.38 Å². The van der Waals surface area contributed by atoms with Gasteiger partial charge in [-0.1, -0.05) is 6.07 Å². The number of nitrogens with zero attached hydrogens (tertiary/aromatic N) is 1. The van der Waals surface area contributed by atoms with E-state index < -0.39 is 5.38 Å². The van der Waals surface area contributed by atoms with E-state index in [0.717, 1.165) is 24.1 Å². The highest BCUT2D eigenvalue weighted by atomic mass is 35.5. The smallest absolute Gasteiger partial charge is 0.328 e. The zero-order chi connectivity index (χ0) is 11.5. The van der Waals surface area contributed by atoms with Crippen LogP contribution in [0.4, 0.5) is 0 Å². The molecule has 1 fully saturated rings. The lowest BCUT2D eigenvalue weighted by Crippen LogP contribution is -2.13. The van der Waals surface area contributed by atoms with Crippen molar-refractivity contribution >= 4 is 17.6 Å². The maximum absolute atomic E-state index is 11.6. The average Bonchev–Trinajstić information content (AvgIpc) is 3.12. The minimum atomic E-state index is -0.732. The van der Waals surface area contributed by atoms with Crippen LogP contribution >= 0.6 is 11.6 Å². The summed E-state index contributed by atoms with van der Waals surface area (Å²) in [5.74, 6) is 0.0888. The van der Waals surface area contributed by atoms with Gasteiger partial charge < -0.3 is 4.74 Å². The quantitative estimate of drug-likeness (QED) is 0.599. The van der Waals surface area contributed by atoms with Crippen molar-refractivity contribution in [1.82, 2.24) is 4.98 Å². The standard InChI is InChI=1S/C12H14ClNO2/c1-2-16-12(15)10(13)9-4-3-7-14-11(9)8-5-6-8/h3-4,7-8,10H,2,5-6H2,1H3. The van der Waals surface area contributed by atoms with E-state index in [2.05, 4.69) is 4.98 Å². The summed E-state index contributed by atoms with van der Waals surface area (Å²) in [5, 5.41) is -0.732. The molecule has 1 aliphatic carbocycles. The van der Waals surface area contributed by atoms with Gasteiger partial charge in [-0.05, 0) is 25.8 Å². The van der Waals surface area contributed by atoms with E-state index in [-0.39, 0.29) is 5.97 Å². The van der Waals surface area contributed by atoms with Gasteiger partial charge in [0.25, 0.3) is 0 Å². The van der Waals surface area contributed by atoms with E-state index in [1.165, 1.54) is 0 Å². The van der Waals surface area contributed by atoms with Crippen molar-refractivity contribution in [2.24, 2.45) is 0 Å². The minimum absolute atomic E-state index is 0.348. The SMILES string of the molecule is CCOC(=O)C(Cl)c1cccnc1C1CC1. The van der Waals surface area contributed by atoms with Crippen molar-refractivity contribution < 1.29 is 9.53 Å². The second-order valence-corrected chi connectivity index (χ2v) is 4.30. The van der Waals surface area contributed by atoms with Crippen LogP contribution in [0, 0.1) is 0 Å². The zero-order valence-electron chi connectivity index (χ0n) is 9.15. The van der Waals surface area contributed by atoms with E-state index in [9.17, 15) is 4.79 Å². The highest BCUT2D eigenvalue weighted by Crippen LogP contribution is 2.42. The second-order valence-electron chi connectivity index (χ2n) is 3.87. The summed E-state index contributed by atoms with van der Waals surface area (Å²) < 4.78 is 4.91. The van der Waals surface area contributed by atoms with Crippen molar-refractivity contribution in [2.45, 2.75) is 31.1 Å². The number of ether oxygens (including phenoxy) is 1. The molecule has 1 heterocycles. The Morgan fingerprint density at radius 2 is 2.44 bits per heavy atom. The number of hydrogen-bond donors (Lipinski definition) is 0. The Hall–Kier alpha value is -1.09. The van der Waals surface area contributed by atoms with Crippen LogP contribution in [-0.2, 0) is 9.53 Å². The first-order chi connectivity index (χ1) is 7.74. The Labute approximate surface area is 99.8 Å². The van der Waals surface area contributed by atoms with Crippen molar-refractivity contribution in [3.8, 4) is 0 Å². The first-order valence-corrected chi connectivity index (χ1v) is 5.93. The Bertz CT molecular complexity index is 390. The lowest BCUT2D eigenvalue weighted by molar-refractivity contribution is -0.142. The van der Waals surface area contributed by atoms with Gasteiger partial charge >= 0.3 is 5.97 Å². The summed E-state index contributed by atoms with van der Waals surface area (Å²) >= 11 is 6.10. The molecule has 3 nitrogen and oxygen atoms in total. The molecule has 0 spiro atoms. The highest BCUT2D eigenvalue weighted by Gasteiger charge is 2.31. The number of aromatic nitrogens is 1. The summed E-state index contributed by atoms with van der Waals surface area (Å²) in [7, 11) is 0. The van der Waals surface area contributed by atoms with Crippen LogP contribution in [0.1, 0.15) is 42.3 Å². The maximum atomic E-state index is 11.6. The maximum Gasteiger partial charge on any atom is 0.328 e. The van der Waals surface area contributed by atoms with Gasteiger partial charge in [-0.25, -0.2) is 0 Å². The van der Waals surface area contributed by atoms with Crippen molar-refractivity contribution in [2.75, 3.05) is 6.61 Å². The number of carbonyl (C=O) groups is 1. The highest BCUT2D eigenvalue weighted by molar-refractivity contribution is 6.30. The molecule has 1 unspecified atom stereocenters. The number of esters is 1. The van der Waals surface area contributed by atoms with Crippen molar-refractivity contribution in [1.29, 1.82) is 0 Å². The normalized spacial score (nSPS) is 16.9. The molecule has 16 heavy (non-hydrogen) atoms. The largest absolute Gasteiger partial charge is 0.465 e. The molecule has 0 radical (unpaired) electrons. The average molecular weight is 240 g/mol. The summed E-state index contributed by atoms with van der Waals surface area (Å²) in [6.07, 6.45) is 4.01. The predicted octanol–water partition coefficient (Wildman–Crippen LogP) is 2.80. The number of hydrogen-bond acceptors (Lipinski definition) is 3. The van der Waals surface area contributed by atoms with E-state index in [0.29, 0.717) is 12.5 Å². The van der Waals surface area contributed by atoms with E-state index in [1.807, 2.05) is 6.07 Å². The first kappa shape index (κ1) is 11.4. The molecule has 0 aliphatic heterocycles. The van der Waals surface area contributed by atoms with Gasteiger partial charge in [-0.15, -0.1) is 11.6 Å². The monoisotopic (exact) mass is 239 g/mol. The molecule has 2 rings (SSSR count). The lowest BCUT2D eigenvalue weighted by Gasteiger charge is -2.12. The van der Waals surface area contributed by atoms with Crippen LogP contribution in [0.3, 0.4) is 0 Å². The Morgan fingerprint density at radius 3 is 3.06 bits per heavy atom. The van der Waals surface area contributed by atoms with Gasteiger partial charge in [0.1, 0.15) is 0 Å². The summed E-state index contributed by atoms with van der Waals surface area (Å²) in [6, 6.07) is 3.66. The van der Waals surface area contributed by atoms with Crippen LogP contribution in [0.2, 0.25) is 0 Å². The molecule has 1 aromatic rings. The third-order valence-electron chi connectivity index (χ3n) is 2.60. The van der Waals surface area contributed by atoms with Gasteiger partial charge in [0.2, 0.25) is 0 Å². The Balaban J connectivity index is 2.21. The number of halogens is 1. The molecular weight excluding hydrogens is 226 g/mol. The van der Waals surface area contributed by atoms with Crippen LogP contribution in [-0.4, -0.2) is 17.6 Å². The molecule has 86 valence electrons. The van der Waals surface area contributed by atoms with E-state index in [1.54, 1.807) is 19.2 Å². The number of pyridine rings is 1. The topological polar surface area (TPSA) is 39.2 Å². The van der Waals surface area contributed by atoms with Crippen LogP contribution < -0.4 is 0 Å². The molecule has 0 aromatic carbocycles. The van der Waals surface area contributed by atoms with E-state index >= 15 is 0 Å². The second kappa shape index (κ2) is 4.83. The molecule has 1 aliphatic rings. The van der Waals surface area contributed by atoms with Crippen molar-refractivity contribution in [3.63, 3.8) is 0 Å². The molecule has 4 heteroatoms. The Kier molecular flexibility index (Phi) is 3.44. The van der Waals surface area contributed by atoms with Crippen LogP contribution in [0.5, 0.6) is 0 Å². The fourth-order valence-corrected chi connectivity index (χ4v) is 1.93. The van der Waals surface area contributed by atoms with Crippen LogP contribution in [0.25, 0.3) is 0 Å². The fourth-order valence-electron chi connectivity index (χ4n) is 1.68. The molecule has 1 saturated carbocycles. The molecule has 1 atom stereocenters. The third kappa shape index (κ3) is 2.35. The number of carbonyl (C=O) groups excluding carboxylic acids is 1. The summed E-state index contributed by atoms with van der Waals surface area (Å²) in [6.45, 7) is 2.12. The fraction of sp³-hybridized carbons (Fsp3) is 0.500. The van der Waals surface area contributed by atoms with E-state index in [4.69, 9.17) is 16.3 Å². The minimum Gasteiger partial charge on any atom is -0.465 e. The molecule has 0 amide bonds. The summed E-state index contributed by atoms with van der Waals surface area (Å²) in [4.78, 5) is 15.9. The zero-order valence-corrected chi connectivity index (χ0v) is 9.91. The number of alkyl halides is 1. The van der Waals surface area contributed by atoms with Gasteiger partial charge in [-0.2, -0.15) is 0 Å². The predicted molar refractivity (Wildman–Crippen MR) is 61.4 cm³/mol. The molecule has 0 N–H and O–H groups in total. The third-order valence-corrected chi connectivity index (χ3v) is 3.02. The van der Waals surface area contributed by atoms with Crippen LogP contribution in [0.15, 0.2) is 18.3 Å². The van der Waals surface area contributed by atoms with Crippen molar-refractivity contribution in [3.05, 3.63) is 29.6 Å². The lowest BCUT2D eigenvalue weighted by atomic mass is 10.1. The van der Waals surface area contributed by atoms with Gasteiger partial charge in [0, 0.05) is 23.4 Å². The molecule has 0 saturated heterocycles. The summed E-state index contributed by atoms with van der Waals surface area (Å²) in [5.41, 5.74) is 1.75. The first-order valence-electron chi connectivity index (χ1n) is 5.49. The molecular formula is C12H14ClNO2. The van der Waals surface area contributed by atoms with Gasteiger partial charge in [-0.3, -0.25) is 9.78 Å².